The van der Waals surface area contributed by atoms with Gasteiger partial charge in [0.25, 0.3) is 0 Å². The minimum atomic E-state index is -0.317. The van der Waals surface area contributed by atoms with Crippen LogP contribution in [0, 0.1) is 0 Å². The van der Waals surface area contributed by atoms with Crippen molar-refractivity contribution in [2.75, 3.05) is 12.4 Å². The van der Waals surface area contributed by atoms with Gasteiger partial charge in [-0.05, 0) is 42.3 Å². The lowest BCUT2D eigenvalue weighted by atomic mass is 10.1. The molecule has 0 radical (unpaired) electrons. The minimum absolute atomic E-state index is 0.135. The average molecular weight is 419 g/mol. The van der Waals surface area contributed by atoms with Crippen molar-refractivity contribution in [2.45, 2.75) is 26.2 Å². The molecule has 0 aliphatic carbocycles. The van der Waals surface area contributed by atoms with Crippen LogP contribution >= 0.6 is 22.9 Å². The van der Waals surface area contributed by atoms with Crippen molar-refractivity contribution in [3.8, 4) is 11.5 Å². The molecule has 0 aliphatic heterocycles. The first-order chi connectivity index (χ1) is 13.5. The quantitative estimate of drug-likeness (QED) is 0.438. The van der Waals surface area contributed by atoms with Gasteiger partial charge in [-0.15, -0.1) is 0 Å². The van der Waals surface area contributed by atoms with Crippen LogP contribution in [0.2, 0.25) is 5.02 Å². The van der Waals surface area contributed by atoms with Crippen molar-refractivity contribution in [3.63, 3.8) is 0 Å². The largest absolute Gasteiger partial charge is 0.493 e. The monoisotopic (exact) mass is 418 g/mol. The molecule has 0 saturated heterocycles. The zero-order valence-electron chi connectivity index (χ0n) is 15.5. The molecule has 2 aromatic carbocycles. The number of benzene rings is 2. The Balaban J connectivity index is 1.68. The number of nitrogens with one attached hydrogen (secondary N) is 1. The standard InChI is InChI=1S/C20H19ClN2O4S/c1-3-4-19(25)27-15-8-5-12(9-16(15)26-2)10-18(24)23-20-22-14-7-6-13(21)11-17(14)28-20/h5-9,11H,3-4,10H2,1-2H3,(H,22,23,24). The smallest absolute Gasteiger partial charge is 0.311 e. The van der Waals surface area contributed by atoms with Crippen LogP contribution < -0.4 is 14.8 Å². The van der Waals surface area contributed by atoms with E-state index in [9.17, 15) is 9.59 Å². The molecule has 0 aliphatic rings. The molecule has 3 aromatic rings. The number of carbonyl (C=O) groups is 2. The molecule has 6 nitrogen and oxygen atoms in total. The van der Waals surface area contributed by atoms with Crippen LogP contribution in [0.5, 0.6) is 11.5 Å². The summed E-state index contributed by atoms with van der Waals surface area (Å²) in [5.41, 5.74) is 1.51. The van der Waals surface area contributed by atoms with Gasteiger partial charge in [0.05, 0.1) is 23.7 Å². The second-order valence-electron chi connectivity index (χ2n) is 6.07. The Morgan fingerprint density at radius 1 is 1.18 bits per heavy atom. The summed E-state index contributed by atoms with van der Waals surface area (Å²) >= 11 is 7.34. The van der Waals surface area contributed by atoms with Gasteiger partial charge < -0.3 is 14.8 Å². The maximum atomic E-state index is 12.4. The number of ether oxygens (including phenoxy) is 2. The van der Waals surface area contributed by atoms with E-state index in [4.69, 9.17) is 21.1 Å². The third-order valence-electron chi connectivity index (χ3n) is 3.87. The molecular formula is C20H19ClN2O4S. The first-order valence-electron chi connectivity index (χ1n) is 8.72. The van der Waals surface area contributed by atoms with Gasteiger partial charge in [0.2, 0.25) is 5.91 Å². The fourth-order valence-electron chi connectivity index (χ4n) is 2.58. The van der Waals surface area contributed by atoms with Crippen LogP contribution in [0.4, 0.5) is 5.13 Å². The highest BCUT2D eigenvalue weighted by Crippen LogP contribution is 2.30. The van der Waals surface area contributed by atoms with Crippen molar-refractivity contribution in [2.24, 2.45) is 0 Å². The summed E-state index contributed by atoms with van der Waals surface area (Å²) in [5.74, 6) is 0.225. The predicted molar refractivity (Wildman–Crippen MR) is 111 cm³/mol. The second kappa shape index (κ2) is 9.03. The van der Waals surface area contributed by atoms with E-state index in [1.165, 1.54) is 18.4 Å². The number of halogens is 1. The average Bonchev–Trinajstić information content (AvgIpc) is 3.04. The number of amides is 1. The van der Waals surface area contributed by atoms with Crippen molar-refractivity contribution >= 4 is 50.2 Å². The molecule has 0 spiro atoms. The SMILES string of the molecule is CCCC(=O)Oc1ccc(CC(=O)Nc2nc3ccc(Cl)cc3s2)cc1OC. The topological polar surface area (TPSA) is 77.5 Å². The normalized spacial score (nSPS) is 10.7. The fourth-order valence-corrected chi connectivity index (χ4v) is 3.74. The summed E-state index contributed by atoms with van der Waals surface area (Å²) in [6.45, 7) is 1.90. The Morgan fingerprint density at radius 2 is 2.00 bits per heavy atom. The maximum Gasteiger partial charge on any atom is 0.311 e. The van der Waals surface area contributed by atoms with Gasteiger partial charge in [-0.25, -0.2) is 4.98 Å². The van der Waals surface area contributed by atoms with Crippen LogP contribution in [0.1, 0.15) is 25.3 Å². The molecular weight excluding hydrogens is 400 g/mol. The first-order valence-corrected chi connectivity index (χ1v) is 9.91. The van der Waals surface area contributed by atoms with Crippen molar-refractivity contribution in [3.05, 3.63) is 47.0 Å². The van der Waals surface area contributed by atoms with Gasteiger partial charge >= 0.3 is 5.97 Å². The first kappa shape index (κ1) is 20.1. The van der Waals surface area contributed by atoms with Gasteiger partial charge in [0.1, 0.15) is 0 Å². The molecule has 1 heterocycles. The number of rotatable bonds is 7. The molecule has 1 N–H and O–H groups in total. The van der Waals surface area contributed by atoms with Crippen LogP contribution in [-0.4, -0.2) is 24.0 Å². The van der Waals surface area contributed by atoms with Crippen LogP contribution in [0.3, 0.4) is 0 Å². The zero-order valence-corrected chi connectivity index (χ0v) is 17.0. The van der Waals surface area contributed by atoms with Gasteiger partial charge in [0, 0.05) is 11.4 Å². The van der Waals surface area contributed by atoms with Gasteiger partial charge in [0.15, 0.2) is 16.6 Å². The van der Waals surface area contributed by atoms with E-state index in [1.807, 2.05) is 19.1 Å². The highest BCUT2D eigenvalue weighted by Gasteiger charge is 2.13. The number of thiazole rings is 1. The van der Waals surface area contributed by atoms with Crippen molar-refractivity contribution in [1.82, 2.24) is 4.98 Å². The van der Waals surface area contributed by atoms with Gasteiger partial charge in [-0.3, -0.25) is 9.59 Å². The molecule has 0 atom stereocenters. The van der Waals surface area contributed by atoms with E-state index < -0.39 is 0 Å². The Bertz CT molecular complexity index is 1020. The molecule has 0 unspecified atom stereocenters. The molecule has 0 fully saturated rings. The lowest BCUT2D eigenvalue weighted by molar-refractivity contribution is -0.134. The Labute approximate surface area is 171 Å². The van der Waals surface area contributed by atoms with E-state index in [2.05, 4.69) is 10.3 Å². The number of fused-ring (bicyclic) bond motifs is 1. The van der Waals surface area contributed by atoms with Crippen LogP contribution in [0.25, 0.3) is 10.2 Å². The summed E-state index contributed by atoms with van der Waals surface area (Å²) in [6.07, 6.45) is 1.17. The molecule has 0 bridgehead atoms. The van der Waals surface area contributed by atoms with E-state index in [1.54, 1.807) is 24.3 Å². The van der Waals surface area contributed by atoms with E-state index in [0.29, 0.717) is 34.5 Å². The number of methoxy groups -OCH3 is 1. The summed E-state index contributed by atoms with van der Waals surface area (Å²) in [7, 11) is 1.49. The summed E-state index contributed by atoms with van der Waals surface area (Å²) in [5, 5.41) is 3.94. The third kappa shape index (κ3) is 4.99. The summed E-state index contributed by atoms with van der Waals surface area (Å²) in [4.78, 5) is 28.4. The number of esters is 1. The Morgan fingerprint density at radius 3 is 2.75 bits per heavy atom. The van der Waals surface area contributed by atoms with Gasteiger partial charge in [-0.1, -0.05) is 35.9 Å². The van der Waals surface area contributed by atoms with E-state index in [0.717, 1.165) is 15.8 Å². The summed E-state index contributed by atoms with van der Waals surface area (Å²) < 4.78 is 11.5. The third-order valence-corrected chi connectivity index (χ3v) is 5.04. The number of hydrogen-bond acceptors (Lipinski definition) is 6. The van der Waals surface area contributed by atoms with Crippen molar-refractivity contribution in [1.29, 1.82) is 0 Å². The minimum Gasteiger partial charge on any atom is -0.493 e. The number of aromatic nitrogens is 1. The molecule has 28 heavy (non-hydrogen) atoms. The Hall–Kier alpha value is -2.64. The predicted octanol–water partition coefficient (Wildman–Crippen LogP) is 4.85. The van der Waals surface area contributed by atoms with E-state index in [-0.39, 0.29) is 18.3 Å². The number of anilines is 1. The van der Waals surface area contributed by atoms with Gasteiger partial charge in [-0.2, -0.15) is 0 Å². The molecule has 1 amide bonds. The van der Waals surface area contributed by atoms with Crippen LogP contribution in [-0.2, 0) is 16.0 Å². The molecule has 0 saturated carbocycles. The Kier molecular flexibility index (Phi) is 6.49. The fraction of sp³-hybridized carbons (Fsp3) is 0.250. The number of nitrogens with zero attached hydrogens (tertiary/aromatic N) is 1. The van der Waals surface area contributed by atoms with E-state index >= 15 is 0 Å². The maximum absolute atomic E-state index is 12.4. The molecule has 3 rings (SSSR count). The van der Waals surface area contributed by atoms with Crippen LogP contribution in [0.15, 0.2) is 36.4 Å². The number of carbonyl (C=O) groups excluding carboxylic acids is 2. The molecule has 146 valence electrons. The molecule has 1 aromatic heterocycles. The van der Waals surface area contributed by atoms with Crippen molar-refractivity contribution < 1.29 is 19.1 Å². The highest BCUT2D eigenvalue weighted by atomic mass is 35.5. The molecule has 8 heteroatoms. The lowest BCUT2D eigenvalue weighted by Gasteiger charge is -2.10. The second-order valence-corrected chi connectivity index (χ2v) is 7.53. The lowest BCUT2D eigenvalue weighted by Crippen LogP contribution is -2.14. The zero-order chi connectivity index (χ0) is 20.1. The summed E-state index contributed by atoms with van der Waals surface area (Å²) in [6, 6.07) is 10.4. The highest BCUT2D eigenvalue weighted by molar-refractivity contribution is 7.22. The number of hydrogen-bond donors (Lipinski definition) is 1.